The summed E-state index contributed by atoms with van der Waals surface area (Å²) in [5.74, 6) is 0.800. The zero-order chi connectivity index (χ0) is 16.0. The van der Waals surface area contributed by atoms with Crippen molar-refractivity contribution in [3.63, 3.8) is 0 Å². The van der Waals surface area contributed by atoms with Gasteiger partial charge in [-0.05, 0) is 56.4 Å². The van der Waals surface area contributed by atoms with Crippen LogP contribution in [0.15, 0.2) is 17.1 Å². The van der Waals surface area contributed by atoms with E-state index < -0.39 is 0 Å². The molecule has 0 saturated carbocycles. The zero-order valence-electron chi connectivity index (χ0n) is 14.2. The number of carbonyl (C=O) groups is 1. The molecule has 0 saturated heterocycles. The average Bonchev–Trinajstić information content (AvgIpc) is 2.44. The molecule has 0 radical (unpaired) electrons. The van der Waals surface area contributed by atoms with E-state index in [1.54, 1.807) is 0 Å². The maximum Gasteiger partial charge on any atom is 0.163 e. The number of nitrogens with zero attached hydrogens (tertiary/aromatic N) is 2. The van der Waals surface area contributed by atoms with Crippen LogP contribution in [-0.2, 0) is 0 Å². The van der Waals surface area contributed by atoms with Gasteiger partial charge >= 0.3 is 0 Å². The third-order valence-electron chi connectivity index (χ3n) is 3.68. The van der Waals surface area contributed by atoms with Crippen LogP contribution in [0.3, 0.4) is 0 Å². The molecular formula is C18H28N2O. The smallest absolute Gasteiger partial charge is 0.163 e. The summed E-state index contributed by atoms with van der Waals surface area (Å²) < 4.78 is 0. The second kappa shape index (κ2) is 7.96. The van der Waals surface area contributed by atoms with Crippen molar-refractivity contribution in [1.29, 1.82) is 0 Å². The molecule has 0 fully saturated rings. The third kappa shape index (κ3) is 5.33. The van der Waals surface area contributed by atoms with Crippen LogP contribution in [-0.4, -0.2) is 30.6 Å². The van der Waals surface area contributed by atoms with Crippen LogP contribution >= 0.6 is 0 Å². The van der Waals surface area contributed by atoms with Gasteiger partial charge in [0.2, 0.25) is 0 Å². The Morgan fingerprint density at radius 3 is 2.52 bits per heavy atom. The number of benzene rings is 1. The molecule has 0 spiro atoms. The number of rotatable bonds is 7. The number of aliphatic imine (C=N–C) groups is 1. The Labute approximate surface area is 129 Å². The largest absolute Gasteiger partial charge is 0.366 e. The van der Waals surface area contributed by atoms with Gasteiger partial charge in [-0.3, -0.25) is 4.79 Å². The molecule has 0 aliphatic rings. The quantitative estimate of drug-likeness (QED) is 0.419. The van der Waals surface area contributed by atoms with E-state index in [1.807, 2.05) is 44.3 Å². The predicted molar refractivity (Wildman–Crippen MR) is 90.8 cm³/mol. The second-order valence-corrected chi connectivity index (χ2v) is 6.13. The molecular weight excluding hydrogens is 260 g/mol. The first-order valence-corrected chi connectivity index (χ1v) is 7.74. The fraction of sp³-hybridized carbons (Fsp3) is 0.556. The molecule has 0 bridgehead atoms. The van der Waals surface area contributed by atoms with Crippen LogP contribution in [0.5, 0.6) is 0 Å². The summed E-state index contributed by atoms with van der Waals surface area (Å²) in [5, 5.41) is 0. The summed E-state index contributed by atoms with van der Waals surface area (Å²) in [5.41, 5.74) is 3.85. The highest BCUT2D eigenvalue weighted by Crippen LogP contribution is 2.24. The number of aryl methyl sites for hydroxylation is 2. The normalized spacial score (nSPS) is 11.4. The van der Waals surface area contributed by atoms with Gasteiger partial charge in [0.25, 0.3) is 0 Å². The van der Waals surface area contributed by atoms with Gasteiger partial charge in [-0.25, -0.2) is 4.99 Å². The molecule has 21 heavy (non-hydrogen) atoms. The Hall–Kier alpha value is -1.64. The van der Waals surface area contributed by atoms with Gasteiger partial charge in [0.1, 0.15) is 0 Å². The van der Waals surface area contributed by atoms with Gasteiger partial charge in [-0.15, -0.1) is 0 Å². The number of hydrogen-bond acceptors (Lipinski definition) is 2. The van der Waals surface area contributed by atoms with Gasteiger partial charge in [0.15, 0.2) is 5.78 Å². The molecule has 1 rings (SSSR count). The molecule has 0 unspecified atom stereocenters. The molecule has 0 aliphatic carbocycles. The summed E-state index contributed by atoms with van der Waals surface area (Å²) in [6, 6.07) is 3.99. The SMILES string of the molecule is CCN(C)C=Nc1cc(C)c(C(=O)CCC(C)C)cc1C. The number of ketones is 1. The summed E-state index contributed by atoms with van der Waals surface area (Å²) in [6.45, 7) is 11.3. The van der Waals surface area contributed by atoms with Crippen LogP contribution in [0, 0.1) is 19.8 Å². The Balaban J connectivity index is 2.94. The molecule has 0 aromatic heterocycles. The van der Waals surface area contributed by atoms with E-state index in [1.165, 1.54) is 0 Å². The van der Waals surface area contributed by atoms with E-state index >= 15 is 0 Å². The lowest BCUT2D eigenvalue weighted by molar-refractivity contribution is 0.0975. The molecule has 3 nitrogen and oxygen atoms in total. The monoisotopic (exact) mass is 288 g/mol. The van der Waals surface area contributed by atoms with E-state index in [4.69, 9.17) is 0 Å². The highest BCUT2D eigenvalue weighted by molar-refractivity contribution is 5.98. The molecule has 3 heteroatoms. The first kappa shape index (κ1) is 17.4. The molecule has 0 amide bonds. The molecule has 0 heterocycles. The Morgan fingerprint density at radius 1 is 1.29 bits per heavy atom. The van der Waals surface area contributed by atoms with Gasteiger partial charge in [-0.2, -0.15) is 0 Å². The second-order valence-electron chi connectivity index (χ2n) is 6.13. The van der Waals surface area contributed by atoms with Crippen LogP contribution in [0.4, 0.5) is 5.69 Å². The average molecular weight is 288 g/mol. The Bertz CT molecular complexity index is 518. The first-order chi connectivity index (χ1) is 9.85. The lowest BCUT2D eigenvalue weighted by Crippen LogP contribution is -2.14. The van der Waals surface area contributed by atoms with Crippen molar-refractivity contribution in [2.24, 2.45) is 10.9 Å². The maximum atomic E-state index is 12.3. The van der Waals surface area contributed by atoms with E-state index in [0.29, 0.717) is 12.3 Å². The standard InChI is InChI=1S/C18H28N2O/c1-7-20(6)12-19-17-11-14(4)16(10-15(17)5)18(21)9-8-13(2)3/h10-13H,7-9H2,1-6H3. The highest BCUT2D eigenvalue weighted by atomic mass is 16.1. The van der Waals surface area contributed by atoms with E-state index in [-0.39, 0.29) is 5.78 Å². The van der Waals surface area contributed by atoms with Crippen LogP contribution < -0.4 is 0 Å². The van der Waals surface area contributed by atoms with Crippen molar-refractivity contribution >= 4 is 17.8 Å². The minimum absolute atomic E-state index is 0.241. The predicted octanol–water partition coefficient (Wildman–Crippen LogP) is 4.53. The molecule has 1 aromatic rings. The summed E-state index contributed by atoms with van der Waals surface area (Å²) >= 11 is 0. The first-order valence-electron chi connectivity index (χ1n) is 7.74. The van der Waals surface area contributed by atoms with Gasteiger partial charge < -0.3 is 4.90 Å². The number of Topliss-reactive ketones (excluding diaryl/α,β-unsaturated/α-hetero) is 1. The van der Waals surface area contributed by atoms with Gasteiger partial charge in [0.05, 0.1) is 12.0 Å². The molecule has 116 valence electrons. The Kier molecular flexibility index (Phi) is 6.60. The molecule has 0 atom stereocenters. The van der Waals surface area contributed by atoms with Gasteiger partial charge in [0, 0.05) is 25.6 Å². The van der Waals surface area contributed by atoms with Crippen LogP contribution in [0.2, 0.25) is 0 Å². The molecule has 1 aromatic carbocycles. The maximum absolute atomic E-state index is 12.3. The third-order valence-corrected chi connectivity index (χ3v) is 3.68. The van der Waals surface area contributed by atoms with E-state index in [2.05, 4.69) is 25.8 Å². The van der Waals surface area contributed by atoms with Gasteiger partial charge in [-0.1, -0.05) is 13.8 Å². The van der Waals surface area contributed by atoms with Crippen molar-refractivity contribution in [2.45, 2.75) is 47.5 Å². The van der Waals surface area contributed by atoms with Crippen LogP contribution in [0.1, 0.15) is 55.1 Å². The summed E-state index contributed by atoms with van der Waals surface area (Å²) in [7, 11) is 2.00. The van der Waals surface area contributed by atoms with E-state index in [9.17, 15) is 4.79 Å². The lowest BCUT2D eigenvalue weighted by Gasteiger charge is -2.12. The highest BCUT2D eigenvalue weighted by Gasteiger charge is 2.12. The van der Waals surface area contributed by atoms with Crippen molar-refractivity contribution in [2.75, 3.05) is 13.6 Å². The minimum atomic E-state index is 0.241. The van der Waals surface area contributed by atoms with Crippen molar-refractivity contribution < 1.29 is 4.79 Å². The topological polar surface area (TPSA) is 32.7 Å². The molecule has 0 N–H and O–H groups in total. The van der Waals surface area contributed by atoms with Crippen LogP contribution in [0.25, 0.3) is 0 Å². The van der Waals surface area contributed by atoms with E-state index in [0.717, 1.165) is 35.3 Å². The summed E-state index contributed by atoms with van der Waals surface area (Å²) in [6.07, 6.45) is 3.40. The minimum Gasteiger partial charge on any atom is -0.366 e. The van der Waals surface area contributed by atoms with Crippen molar-refractivity contribution in [1.82, 2.24) is 4.90 Å². The fourth-order valence-electron chi connectivity index (χ4n) is 2.04. The zero-order valence-corrected chi connectivity index (χ0v) is 14.2. The summed E-state index contributed by atoms with van der Waals surface area (Å²) in [4.78, 5) is 18.8. The van der Waals surface area contributed by atoms with Crippen molar-refractivity contribution in [3.8, 4) is 0 Å². The number of carbonyl (C=O) groups excluding carboxylic acids is 1. The molecule has 0 aliphatic heterocycles. The fourth-order valence-corrected chi connectivity index (χ4v) is 2.04. The number of hydrogen-bond donors (Lipinski definition) is 0. The Morgan fingerprint density at radius 2 is 1.95 bits per heavy atom. The lowest BCUT2D eigenvalue weighted by atomic mass is 9.96. The van der Waals surface area contributed by atoms with Crippen molar-refractivity contribution in [3.05, 3.63) is 28.8 Å².